The summed E-state index contributed by atoms with van der Waals surface area (Å²) in [7, 11) is -1.31. The van der Waals surface area contributed by atoms with Gasteiger partial charge in [0.1, 0.15) is 0 Å². The van der Waals surface area contributed by atoms with Crippen molar-refractivity contribution < 1.29 is 17.9 Å². The van der Waals surface area contributed by atoms with E-state index in [-0.39, 0.29) is 23.3 Å². The molecule has 1 fully saturated rings. The molecule has 1 aromatic rings. The van der Waals surface area contributed by atoms with E-state index in [9.17, 15) is 13.2 Å². The molecule has 1 N–H and O–H groups in total. The van der Waals surface area contributed by atoms with Gasteiger partial charge in [0.25, 0.3) is 5.91 Å². The van der Waals surface area contributed by atoms with Crippen molar-refractivity contribution in [1.29, 1.82) is 0 Å². The molecule has 1 aromatic carbocycles. The van der Waals surface area contributed by atoms with Gasteiger partial charge < -0.3 is 10.1 Å². The van der Waals surface area contributed by atoms with E-state index in [1.165, 1.54) is 0 Å². The Kier molecular flexibility index (Phi) is 4.77. The van der Waals surface area contributed by atoms with Gasteiger partial charge >= 0.3 is 0 Å². The van der Waals surface area contributed by atoms with Crippen molar-refractivity contribution in [2.45, 2.75) is 13.0 Å². The zero-order chi connectivity index (χ0) is 14.6. The highest BCUT2D eigenvalue weighted by Gasteiger charge is 2.28. The van der Waals surface area contributed by atoms with Crippen molar-refractivity contribution in [3.05, 3.63) is 35.4 Å². The standard InChI is InChI=1S/C14H19NO4S/c1-19-9-12-4-2-3-5-13(12)14(16)15-8-11-6-7-20(17,18)10-11/h2-5,11H,6-10H2,1H3,(H,15,16)/t11-/m0/s1. The molecule has 1 aliphatic rings. The van der Waals surface area contributed by atoms with Crippen molar-refractivity contribution in [3.63, 3.8) is 0 Å². The van der Waals surface area contributed by atoms with Crippen LogP contribution in [0.1, 0.15) is 22.3 Å². The molecular weight excluding hydrogens is 278 g/mol. The monoisotopic (exact) mass is 297 g/mol. The maximum atomic E-state index is 12.1. The van der Waals surface area contributed by atoms with E-state index in [0.29, 0.717) is 25.1 Å². The number of methoxy groups -OCH3 is 1. The van der Waals surface area contributed by atoms with Crippen LogP contribution in [0.25, 0.3) is 0 Å². The first-order valence-corrected chi connectivity index (χ1v) is 8.39. The Hall–Kier alpha value is -1.40. The first kappa shape index (κ1) is 15.0. The molecule has 1 atom stereocenters. The number of benzene rings is 1. The molecule has 110 valence electrons. The molecule has 0 saturated carbocycles. The number of hydrogen-bond acceptors (Lipinski definition) is 4. The lowest BCUT2D eigenvalue weighted by molar-refractivity contribution is 0.0943. The molecular formula is C14H19NO4S. The Balaban J connectivity index is 1.95. The average Bonchev–Trinajstić information content (AvgIpc) is 2.77. The zero-order valence-electron chi connectivity index (χ0n) is 11.5. The minimum atomic E-state index is -2.90. The number of ether oxygens (including phenoxy) is 1. The van der Waals surface area contributed by atoms with Crippen LogP contribution in [0.2, 0.25) is 0 Å². The molecule has 0 spiro atoms. The molecule has 0 aliphatic carbocycles. The number of hydrogen-bond donors (Lipinski definition) is 1. The van der Waals surface area contributed by atoms with E-state index in [1.54, 1.807) is 19.2 Å². The van der Waals surface area contributed by atoms with Crippen LogP contribution in [-0.2, 0) is 21.2 Å². The van der Waals surface area contributed by atoms with E-state index < -0.39 is 9.84 Å². The van der Waals surface area contributed by atoms with Gasteiger partial charge in [0.15, 0.2) is 9.84 Å². The van der Waals surface area contributed by atoms with Crippen LogP contribution < -0.4 is 5.32 Å². The lowest BCUT2D eigenvalue weighted by Crippen LogP contribution is -2.30. The molecule has 5 nitrogen and oxygen atoms in total. The SMILES string of the molecule is COCc1ccccc1C(=O)NC[C@@H]1CCS(=O)(=O)C1. The fourth-order valence-electron chi connectivity index (χ4n) is 2.39. The maximum absolute atomic E-state index is 12.1. The van der Waals surface area contributed by atoms with E-state index in [0.717, 1.165) is 5.56 Å². The Bertz CT molecular complexity index is 583. The minimum absolute atomic E-state index is 0.0264. The summed E-state index contributed by atoms with van der Waals surface area (Å²) in [4.78, 5) is 12.1. The predicted octanol–water partition coefficient (Wildman–Crippen LogP) is 0.998. The van der Waals surface area contributed by atoms with Gasteiger partial charge in [0, 0.05) is 19.2 Å². The Labute approximate surface area is 119 Å². The number of sulfone groups is 1. The van der Waals surface area contributed by atoms with Crippen molar-refractivity contribution in [1.82, 2.24) is 5.32 Å². The molecule has 2 rings (SSSR count). The van der Waals surface area contributed by atoms with Crippen LogP contribution in [0.15, 0.2) is 24.3 Å². The molecule has 0 unspecified atom stereocenters. The third kappa shape index (κ3) is 3.80. The van der Waals surface area contributed by atoms with Gasteiger partial charge in [0.05, 0.1) is 18.1 Å². The number of rotatable bonds is 5. The summed E-state index contributed by atoms with van der Waals surface area (Å²) in [6.45, 7) is 0.779. The maximum Gasteiger partial charge on any atom is 0.251 e. The van der Waals surface area contributed by atoms with Crippen LogP contribution in [0.3, 0.4) is 0 Å². The van der Waals surface area contributed by atoms with Gasteiger partial charge in [-0.3, -0.25) is 4.79 Å². The van der Waals surface area contributed by atoms with E-state index >= 15 is 0 Å². The number of amides is 1. The van der Waals surface area contributed by atoms with E-state index in [4.69, 9.17) is 4.74 Å². The van der Waals surface area contributed by atoms with Crippen LogP contribution in [-0.4, -0.2) is 39.5 Å². The van der Waals surface area contributed by atoms with Crippen LogP contribution >= 0.6 is 0 Å². The lowest BCUT2D eigenvalue weighted by atomic mass is 10.1. The van der Waals surface area contributed by atoms with Gasteiger partial charge in [0.2, 0.25) is 0 Å². The molecule has 1 amide bonds. The second-order valence-corrected chi connectivity index (χ2v) is 7.30. The smallest absolute Gasteiger partial charge is 0.251 e. The predicted molar refractivity (Wildman–Crippen MR) is 76.2 cm³/mol. The summed E-state index contributed by atoms with van der Waals surface area (Å²) in [6.07, 6.45) is 0.627. The van der Waals surface area contributed by atoms with E-state index in [2.05, 4.69) is 5.32 Å². The second-order valence-electron chi connectivity index (χ2n) is 5.07. The molecule has 0 bridgehead atoms. The van der Waals surface area contributed by atoms with Crippen molar-refractivity contribution in [2.24, 2.45) is 5.92 Å². The summed E-state index contributed by atoms with van der Waals surface area (Å²) >= 11 is 0. The topological polar surface area (TPSA) is 72.5 Å². The molecule has 1 aliphatic heterocycles. The number of carbonyl (C=O) groups is 1. The van der Waals surface area contributed by atoms with Gasteiger partial charge in [-0.1, -0.05) is 18.2 Å². The van der Waals surface area contributed by atoms with Gasteiger partial charge in [-0.05, 0) is 24.0 Å². The second kappa shape index (κ2) is 6.37. The first-order valence-electron chi connectivity index (χ1n) is 6.57. The highest BCUT2D eigenvalue weighted by atomic mass is 32.2. The van der Waals surface area contributed by atoms with Crippen molar-refractivity contribution in [3.8, 4) is 0 Å². The number of carbonyl (C=O) groups excluding carboxylic acids is 1. The minimum Gasteiger partial charge on any atom is -0.380 e. The summed E-state index contributed by atoms with van der Waals surface area (Å²) in [5, 5.41) is 2.82. The normalized spacial score (nSPS) is 20.8. The molecule has 1 heterocycles. The largest absolute Gasteiger partial charge is 0.380 e. The van der Waals surface area contributed by atoms with Crippen molar-refractivity contribution >= 4 is 15.7 Å². The third-order valence-electron chi connectivity index (χ3n) is 3.44. The van der Waals surface area contributed by atoms with Crippen LogP contribution in [0.4, 0.5) is 0 Å². The lowest BCUT2D eigenvalue weighted by Gasteiger charge is -2.12. The highest BCUT2D eigenvalue weighted by Crippen LogP contribution is 2.17. The average molecular weight is 297 g/mol. The van der Waals surface area contributed by atoms with Crippen LogP contribution in [0, 0.1) is 5.92 Å². The fourth-order valence-corrected chi connectivity index (χ4v) is 4.25. The summed E-state index contributed by atoms with van der Waals surface area (Å²) in [5.41, 5.74) is 1.40. The summed E-state index contributed by atoms with van der Waals surface area (Å²) in [6, 6.07) is 7.25. The van der Waals surface area contributed by atoms with Gasteiger partial charge in [-0.2, -0.15) is 0 Å². The van der Waals surface area contributed by atoms with Gasteiger partial charge in [-0.25, -0.2) is 8.42 Å². The quantitative estimate of drug-likeness (QED) is 0.880. The Morgan fingerprint density at radius 3 is 2.80 bits per heavy atom. The fraction of sp³-hybridized carbons (Fsp3) is 0.500. The Morgan fingerprint density at radius 1 is 1.40 bits per heavy atom. The molecule has 6 heteroatoms. The molecule has 0 radical (unpaired) electrons. The highest BCUT2D eigenvalue weighted by molar-refractivity contribution is 7.91. The molecule has 1 saturated heterocycles. The number of nitrogens with one attached hydrogen (secondary N) is 1. The summed E-state index contributed by atoms with van der Waals surface area (Å²) in [5.74, 6) is 0.251. The first-order chi connectivity index (χ1) is 9.52. The zero-order valence-corrected chi connectivity index (χ0v) is 12.3. The Morgan fingerprint density at radius 2 is 2.15 bits per heavy atom. The van der Waals surface area contributed by atoms with E-state index in [1.807, 2.05) is 12.1 Å². The molecule has 0 aromatic heterocycles. The van der Waals surface area contributed by atoms with Crippen LogP contribution in [0.5, 0.6) is 0 Å². The van der Waals surface area contributed by atoms with Gasteiger partial charge in [-0.15, -0.1) is 0 Å². The summed E-state index contributed by atoms with van der Waals surface area (Å²) < 4.78 is 27.8. The van der Waals surface area contributed by atoms with Crippen molar-refractivity contribution in [2.75, 3.05) is 25.2 Å². The molecule has 20 heavy (non-hydrogen) atoms. The third-order valence-corrected chi connectivity index (χ3v) is 5.28.